The minimum absolute atomic E-state index is 0.0979. The molecule has 38 heavy (non-hydrogen) atoms. The van der Waals surface area contributed by atoms with Gasteiger partial charge in [0.05, 0.1) is 35.6 Å². The minimum Gasteiger partial charge on any atom is -0.458 e. The number of pyridine rings is 2. The van der Waals surface area contributed by atoms with Crippen molar-refractivity contribution < 1.29 is 44.5 Å². The van der Waals surface area contributed by atoms with E-state index in [0.29, 0.717) is 11.4 Å². The quantitative estimate of drug-likeness (QED) is 0.166. The molecule has 0 saturated carbocycles. The second kappa shape index (κ2) is 8.64. The second-order valence-corrected chi connectivity index (χ2v) is 9.76. The van der Waals surface area contributed by atoms with Gasteiger partial charge in [0.2, 0.25) is 0 Å². The van der Waals surface area contributed by atoms with Crippen LogP contribution in [0.4, 0.5) is 0 Å². The topological polar surface area (TPSA) is 181 Å². The predicted octanol–water partition coefficient (Wildman–Crippen LogP) is -0.776. The third-order valence-corrected chi connectivity index (χ3v) is 7.63. The van der Waals surface area contributed by atoms with Gasteiger partial charge in [-0.25, -0.2) is 9.78 Å². The molecule has 1 fully saturated rings. The number of hydrogen-bond donors (Lipinski definition) is 5. The highest BCUT2D eigenvalue weighted by Crippen LogP contribution is 2.44. The number of aliphatic hydroxyl groups excluding tert-OH is 4. The summed E-state index contributed by atoms with van der Waals surface area (Å²) in [6.45, 7) is 0.638. The fourth-order valence-corrected chi connectivity index (χ4v) is 5.54. The molecule has 3 aliphatic heterocycles. The van der Waals surface area contributed by atoms with Crippen LogP contribution in [0.25, 0.3) is 22.3 Å². The van der Waals surface area contributed by atoms with Crippen LogP contribution in [-0.4, -0.2) is 78.0 Å². The fourth-order valence-electron chi connectivity index (χ4n) is 5.54. The summed E-state index contributed by atoms with van der Waals surface area (Å²) >= 11 is 0. The van der Waals surface area contributed by atoms with Gasteiger partial charge >= 0.3 is 11.9 Å². The first-order valence-corrected chi connectivity index (χ1v) is 12.2. The summed E-state index contributed by atoms with van der Waals surface area (Å²) in [6, 6.07) is 11.0. The number of para-hydroxylation sites is 1. The molecular formula is C26H26N2O10. The van der Waals surface area contributed by atoms with E-state index in [2.05, 4.69) is 0 Å². The highest BCUT2D eigenvalue weighted by Gasteiger charge is 2.60. The van der Waals surface area contributed by atoms with Crippen molar-refractivity contribution in [2.75, 3.05) is 6.61 Å². The number of esters is 1. The molecule has 0 radical (unpaired) electrons. The molecule has 6 rings (SSSR count). The van der Waals surface area contributed by atoms with Crippen LogP contribution in [0.5, 0.6) is 0 Å². The summed E-state index contributed by atoms with van der Waals surface area (Å²) in [7, 11) is 0. The lowest BCUT2D eigenvalue weighted by atomic mass is 9.85. The van der Waals surface area contributed by atoms with Crippen molar-refractivity contribution in [2.24, 2.45) is 0 Å². The summed E-state index contributed by atoms with van der Waals surface area (Å²) in [4.78, 5) is 31.7. The number of aliphatic hydroxyl groups is 5. The number of aromatic nitrogens is 2. The Labute approximate surface area is 215 Å². The molecular weight excluding hydrogens is 500 g/mol. The van der Waals surface area contributed by atoms with Crippen molar-refractivity contribution in [2.45, 2.75) is 62.5 Å². The van der Waals surface area contributed by atoms with Gasteiger partial charge in [-0.2, -0.15) is 0 Å². The Morgan fingerprint density at radius 3 is 2.66 bits per heavy atom. The summed E-state index contributed by atoms with van der Waals surface area (Å²) in [5.41, 5.74) is 0.157. The molecule has 12 heteroatoms. The van der Waals surface area contributed by atoms with Crippen LogP contribution >= 0.6 is 0 Å². The lowest BCUT2D eigenvalue weighted by molar-refractivity contribution is -0.469. The van der Waals surface area contributed by atoms with Gasteiger partial charge in [0.15, 0.2) is 11.7 Å². The minimum atomic E-state index is -3.04. The third kappa shape index (κ3) is 3.39. The normalized spacial score (nSPS) is 32.0. The van der Waals surface area contributed by atoms with Crippen LogP contribution in [-0.2, 0) is 37.8 Å². The van der Waals surface area contributed by atoms with E-state index in [4.69, 9.17) is 19.2 Å². The van der Waals surface area contributed by atoms with Crippen LogP contribution < -0.4 is 5.56 Å². The fraction of sp³-hybridized carbons (Fsp3) is 0.423. The Balaban J connectivity index is 1.51. The first kappa shape index (κ1) is 25.1. The van der Waals surface area contributed by atoms with Crippen molar-refractivity contribution in [1.82, 2.24) is 9.55 Å². The zero-order valence-electron chi connectivity index (χ0n) is 20.3. The van der Waals surface area contributed by atoms with E-state index in [0.717, 1.165) is 16.5 Å². The molecule has 12 nitrogen and oxygen atoms in total. The molecule has 1 aromatic carbocycles. The smallest absolute Gasteiger partial charge is 0.343 e. The Morgan fingerprint density at radius 2 is 1.92 bits per heavy atom. The lowest BCUT2D eigenvalue weighted by Crippen LogP contribution is -2.68. The van der Waals surface area contributed by atoms with Crippen molar-refractivity contribution >= 4 is 16.9 Å². The Bertz CT molecular complexity index is 1520. The number of nitrogens with zero attached hydrogens (tertiary/aromatic N) is 2. The highest BCUT2D eigenvalue weighted by molar-refractivity contribution is 5.86. The number of carbonyl (C=O) groups is 1. The maximum Gasteiger partial charge on any atom is 0.343 e. The van der Waals surface area contributed by atoms with Crippen molar-refractivity contribution in [3.8, 4) is 11.4 Å². The van der Waals surface area contributed by atoms with E-state index in [1.165, 1.54) is 4.57 Å². The van der Waals surface area contributed by atoms with Gasteiger partial charge in [0.25, 0.3) is 5.56 Å². The van der Waals surface area contributed by atoms with Gasteiger partial charge in [0.1, 0.15) is 24.9 Å². The van der Waals surface area contributed by atoms with E-state index in [-0.39, 0.29) is 30.7 Å². The number of carbonyl (C=O) groups excluding carboxylic acids is 1. The number of benzene rings is 1. The van der Waals surface area contributed by atoms with E-state index in [9.17, 15) is 35.1 Å². The largest absolute Gasteiger partial charge is 0.458 e. The van der Waals surface area contributed by atoms with Gasteiger partial charge in [0, 0.05) is 16.5 Å². The number of hydrogen-bond acceptors (Lipinski definition) is 11. The van der Waals surface area contributed by atoms with Crippen molar-refractivity contribution in [3.05, 3.63) is 63.4 Å². The van der Waals surface area contributed by atoms with E-state index in [1.807, 2.05) is 30.3 Å². The Morgan fingerprint density at radius 1 is 1.16 bits per heavy atom. The second-order valence-electron chi connectivity index (χ2n) is 9.76. The molecule has 1 unspecified atom stereocenters. The molecule has 2 aromatic heterocycles. The monoisotopic (exact) mass is 526 g/mol. The van der Waals surface area contributed by atoms with Crippen molar-refractivity contribution in [1.29, 1.82) is 0 Å². The average molecular weight is 526 g/mol. The van der Waals surface area contributed by atoms with E-state index in [1.54, 1.807) is 13.0 Å². The van der Waals surface area contributed by atoms with Gasteiger partial charge in [-0.3, -0.25) is 4.79 Å². The number of ether oxygens (including phenoxy) is 3. The standard InChI is InChI=1S/C26H26N2O10/c1-2-25(38-26(35)22(32)21(31)20(30)18(10-29)37-26)15-8-17-19-13(7-12-5-3-4-6-16(12)27-19)9-28(17)23(33)14(15)11-36-24(25)34/h3-8,18,20-22,29-32,35H,2,9-11H2,1H3/t18-,20-,21+,22-,25+,26?/m1/s1. The third-order valence-electron chi connectivity index (χ3n) is 7.63. The molecule has 3 aromatic rings. The predicted molar refractivity (Wildman–Crippen MR) is 128 cm³/mol. The molecule has 3 aliphatic rings. The van der Waals surface area contributed by atoms with Gasteiger partial charge in [-0.1, -0.05) is 25.1 Å². The molecule has 200 valence electrons. The molecule has 0 spiro atoms. The highest BCUT2D eigenvalue weighted by atomic mass is 16.8. The molecule has 0 aliphatic carbocycles. The van der Waals surface area contributed by atoms with Crippen molar-refractivity contribution in [3.63, 3.8) is 0 Å². The summed E-state index contributed by atoms with van der Waals surface area (Å²) in [5.74, 6) is -4.00. The molecule has 1 saturated heterocycles. The van der Waals surface area contributed by atoms with Gasteiger partial charge < -0.3 is 44.3 Å². The van der Waals surface area contributed by atoms with Crippen LogP contribution in [0.2, 0.25) is 0 Å². The number of cyclic esters (lactones) is 1. The zero-order valence-corrected chi connectivity index (χ0v) is 20.3. The van der Waals surface area contributed by atoms with E-state index >= 15 is 0 Å². The first-order valence-electron chi connectivity index (χ1n) is 12.2. The number of rotatable bonds is 4. The SMILES string of the molecule is CC[C@@]1(OC2(O)O[C@H](CO)[C@@H](O)[C@H](O)[C@H]2O)C(=O)OCc2c1cc1n(c2=O)Cc2cc3ccccc3nc2-1. The Hall–Kier alpha value is -3.23. The van der Waals surface area contributed by atoms with Gasteiger partial charge in [-0.15, -0.1) is 0 Å². The van der Waals surface area contributed by atoms with Gasteiger partial charge in [-0.05, 0) is 24.6 Å². The maximum atomic E-state index is 13.6. The van der Waals surface area contributed by atoms with E-state index < -0.39 is 54.1 Å². The Kier molecular flexibility index (Phi) is 5.70. The summed E-state index contributed by atoms with van der Waals surface area (Å²) < 4.78 is 17.9. The molecule has 5 heterocycles. The maximum absolute atomic E-state index is 13.6. The molecule has 5 N–H and O–H groups in total. The van der Waals surface area contributed by atoms with Crippen LogP contribution in [0, 0.1) is 0 Å². The van der Waals surface area contributed by atoms with Crippen LogP contribution in [0.3, 0.4) is 0 Å². The average Bonchev–Trinajstić information content (AvgIpc) is 3.28. The zero-order chi connectivity index (χ0) is 27.0. The number of fused-ring (bicyclic) bond motifs is 5. The summed E-state index contributed by atoms with van der Waals surface area (Å²) in [6.07, 6.45) is -7.66. The molecule has 6 atom stereocenters. The molecule has 0 bridgehead atoms. The molecule has 0 amide bonds. The summed E-state index contributed by atoms with van der Waals surface area (Å²) in [5, 5.41) is 52.6. The lowest BCUT2D eigenvalue weighted by Gasteiger charge is -2.48. The first-order chi connectivity index (χ1) is 18.1. The van der Waals surface area contributed by atoms with Crippen LogP contribution in [0.15, 0.2) is 41.2 Å². The van der Waals surface area contributed by atoms with Crippen LogP contribution in [0.1, 0.15) is 30.0 Å².